The molecule has 202 valence electrons. The lowest BCUT2D eigenvalue weighted by Gasteiger charge is -2.36. The average Bonchev–Trinajstić information content (AvgIpc) is 3.23. The number of halogens is 3. The van der Waals surface area contributed by atoms with Crippen molar-refractivity contribution in [1.29, 1.82) is 0 Å². The van der Waals surface area contributed by atoms with Gasteiger partial charge < -0.3 is 15.1 Å². The van der Waals surface area contributed by atoms with Crippen molar-refractivity contribution in [3.8, 4) is 0 Å². The Hall–Kier alpha value is -3.05. The van der Waals surface area contributed by atoms with Crippen LogP contribution < -0.4 is 15.8 Å². The molecule has 3 aromatic rings. The van der Waals surface area contributed by atoms with Crippen LogP contribution in [0.1, 0.15) is 40.9 Å². The maximum Gasteiger partial charge on any atom is 0.264 e. The minimum atomic E-state index is -2.68. The van der Waals surface area contributed by atoms with Crippen LogP contribution in [-0.4, -0.2) is 64.4 Å². The first-order valence-electron chi connectivity index (χ1n) is 12.6. The fourth-order valence-electron chi connectivity index (χ4n) is 5.07. The molecule has 1 aromatic carbocycles. The molecule has 1 saturated heterocycles. The lowest BCUT2D eigenvalue weighted by Crippen LogP contribution is -2.48. The van der Waals surface area contributed by atoms with Crippen LogP contribution in [0.4, 0.5) is 14.5 Å². The number of fused-ring (bicyclic) bond motifs is 1. The fraction of sp³-hybridized carbons (Fsp3) is 0.462. The molecule has 2 fully saturated rings. The number of anilines is 1. The number of aryl methyl sites for hydroxylation is 1. The number of carbonyl (C=O) groups excluding carboxylic acids is 2. The van der Waals surface area contributed by atoms with Gasteiger partial charge in [-0.3, -0.25) is 19.0 Å². The van der Waals surface area contributed by atoms with Crippen molar-refractivity contribution in [2.75, 3.05) is 31.1 Å². The number of thiophene rings is 1. The molecule has 1 N–H and O–H groups in total. The quantitative estimate of drug-likeness (QED) is 0.505. The van der Waals surface area contributed by atoms with Gasteiger partial charge in [0.2, 0.25) is 11.8 Å². The molecule has 1 aliphatic heterocycles. The molecule has 0 radical (unpaired) electrons. The van der Waals surface area contributed by atoms with Gasteiger partial charge in [-0.05, 0) is 43.5 Å². The van der Waals surface area contributed by atoms with Crippen molar-refractivity contribution in [1.82, 2.24) is 19.8 Å². The minimum Gasteiger partial charge on any atom is -0.368 e. The molecule has 38 heavy (non-hydrogen) atoms. The minimum absolute atomic E-state index is 0.144. The molecule has 1 aliphatic carbocycles. The predicted octanol–water partition coefficient (Wildman–Crippen LogP) is 4.08. The van der Waals surface area contributed by atoms with E-state index in [0.29, 0.717) is 51.9 Å². The summed E-state index contributed by atoms with van der Waals surface area (Å²) in [6, 6.07) is 7.28. The molecular weight excluding hydrogens is 536 g/mol. The van der Waals surface area contributed by atoms with Crippen molar-refractivity contribution >= 4 is 50.7 Å². The van der Waals surface area contributed by atoms with Crippen LogP contribution in [0.5, 0.6) is 0 Å². The van der Waals surface area contributed by atoms with Gasteiger partial charge in [0, 0.05) is 55.8 Å². The largest absolute Gasteiger partial charge is 0.368 e. The second-order valence-electron chi connectivity index (χ2n) is 9.87. The van der Waals surface area contributed by atoms with Gasteiger partial charge in [-0.25, -0.2) is 13.8 Å². The van der Waals surface area contributed by atoms with Gasteiger partial charge in [-0.1, -0.05) is 17.7 Å². The molecule has 0 atom stereocenters. The van der Waals surface area contributed by atoms with Gasteiger partial charge in [-0.2, -0.15) is 0 Å². The number of benzene rings is 1. The summed E-state index contributed by atoms with van der Waals surface area (Å²) in [5.74, 6) is -3.25. The van der Waals surface area contributed by atoms with Crippen molar-refractivity contribution < 1.29 is 18.4 Å². The molecule has 0 spiro atoms. The van der Waals surface area contributed by atoms with E-state index < -0.39 is 17.4 Å². The number of piperazine rings is 1. The molecule has 8 nitrogen and oxygen atoms in total. The number of aromatic nitrogens is 2. The summed E-state index contributed by atoms with van der Waals surface area (Å²) in [6.07, 6.45) is 1.19. The Labute approximate surface area is 227 Å². The Morgan fingerprint density at radius 1 is 1.18 bits per heavy atom. The number of rotatable bonds is 5. The first-order valence-corrected chi connectivity index (χ1v) is 13.8. The van der Waals surface area contributed by atoms with Crippen LogP contribution in [0, 0.1) is 6.92 Å². The van der Waals surface area contributed by atoms with E-state index in [9.17, 15) is 23.2 Å². The van der Waals surface area contributed by atoms with Crippen molar-refractivity contribution in [3.05, 3.63) is 56.4 Å². The van der Waals surface area contributed by atoms with Crippen molar-refractivity contribution in [2.45, 2.75) is 51.1 Å². The topological polar surface area (TPSA) is 87.5 Å². The number of alkyl halides is 2. The molecule has 0 bridgehead atoms. The molecular formula is C26H28ClF2N5O3S. The van der Waals surface area contributed by atoms with Gasteiger partial charge in [0.15, 0.2) is 0 Å². The second-order valence-corrected chi connectivity index (χ2v) is 11.3. The summed E-state index contributed by atoms with van der Waals surface area (Å²) in [4.78, 5) is 48.3. The van der Waals surface area contributed by atoms with Gasteiger partial charge in [0.05, 0.1) is 16.6 Å². The summed E-state index contributed by atoms with van der Waals surface area (Å²) in [6.45, 7) is 3.85. The number of hydrogen-bond acceptors (Lipinski definition) is 6. The van der Waals surface area contributed by atoms with E-state index in [1.165, 1.54) is 22.2 Å². The smallest absolute Gasteiger partial charge is 0.264 e. The molecule has 5 rings (SSSR count). The van der Waals surface area contributed by atoms with E-state index in [1.54, 1.807) is 11.8 Å². The number of hydrogen-bond donors (Lipinski definition) is 1. The monoisotopic (exact) mass is 563 g/mol. The Bertz CT molecular complexity index is 1420. The third-order valence-corrected chi connectivity index (χ3v) is 8.67. The van der Waals surface area contributed by atoms with E-state index in [4.69, 9.17) is 11.6 Å². The highest BCUT2D eigenvalue weighted by molar-refractivity contribution is 7.20. The Morgan fingerprint density at radius 2 is 1.89 bits per heavy atom. The van der Waals surface area contributed by atoms with Crippen LogP contribution in [0.15, 0.2) is 35.4 Å². The zero-order valence-corrected chi connectivity index (χ0v) is 22.5. The summed E-state index contributed by atoms with van der Waals surface area (Å²) >= 11 is 7.29. The van der Waals surface area contributed by atoms with Gasteiger partial charge in [-0.15, -0.1) is 11.3 Å². The highest BCUT2D eigenvalue weighted by atomic mass is 35.5. The molecule has 12 heteroatoms. The summed E-state index contributed by atoms with van der Waals surface area (Å²) in [5, 5.41) is 3.74. The number of nitrogens with zero attached hydrogens (tertiary/aromatic N) is 4. The molecule has 2 aromatic heterocycles. The van der Waals surface area contributed by atoms with E-state index >= 15 is 0 Å². The van der Waals surface area contributed by atoms with Crippen molar-refractivity contribution in [2.24, 2.45) is 0 Å². The van der Waals surface area contributed by atoms with Crippen LogP contribution in [0.2, 0.25) is 5.02 Å². The summed E-state index contributed by atoms with van der Waals surface area (Å²) in [7, 11) is 0. The molecule has 2 amide bonds. The molecule has 1 saturated carbocycles. The number of nitrogens with one attached hydrogen (secondary N) is 1. The lowest BCUT2D eigenvalue weighted by atomic mass is 9.92. The van der Waals surface area contributed by atoms with E-state index in [2.05, 4.69) is 15.2 Å². The highest BCUT2D eigenvalue weighted by Gasteiger charge is 2.35. The predicted molar refractivity (Wildman–Crippen MR) is 144 cm³/mol. The van der Waals surface area contributed by atoms with Crippen LogP contribution in [-0.2, 0) is 11.3 Å². The van der Waals surface area contributed by atoms with Gasteiger partial charge in [0.25, 0.3) is 11.5 Å². The maximum absolute atomic E-state index is 13.4. The SMILES string of the molecule is Cc1c(C(=O)N2CCN(c3cccc(Cl)c3)CC2)sc2ncn(CC(=O)NC3CCC(F)(F)CC3)c(=O)c12. The fourth-order valence-corrected chi connectivity index (χ4v) is 6.36. The normalized spacial score (nSPS) is 18.1. The van der Waals surface area contributed by atoms with E-state index in [0.717, 1.165) is 5.69 Å². The van der Waals surface area contributed by atoms with Crippen LogP contribution >= 0.6 is 22.9 Å². The lowest BCUT2D eigenvalue weighted by molar-refractivity contribution is -0.123. The first-order chi connectivity index (χ1) is 18.1. The van der Waals surface area contributed by atoms with Gasteiger partial charge in [0.1, 0.15) is 11.4 Å². The summed E-state index contributed by atoms with van der Waals surface area (Å²) < 4.78 is 28.0. The van der Waals surface area contributed by atoms with Gasteiger partial charge >= 0.3 is 0 Å². The molecule has 2 aliphatic rings. The zero-order chi connectivity index (χ0) is 27.0. The highest BCUT2D eigenvalue weighted by Crippen LogP contribution is 2.33. The molecule has 3 heterocycles. The zero-order valence-electron chi connectivity index (χ0n) is 20.9. The van der Waals surface area contributed by atoms with E-state index in [1.807, 2.05) is 24.3 Å². The second kappa shape index (κ2) is 10.6. The number of carbonyl (C=O) groups is 2. The Balaban J connectivity index is 1.26. The van der Waals surface area contributed by atoms with Crippen LogP contribution in [0.3, 0.4) is 0 Å². The first kappa shape index (κ1) is 26.6. The van der Waals surface area contributed by atoms with E-state index in [-0.39, 0.29) is 44.2 Å². The Morgan fingerprint density at radius 3 is 2.58 bits per heavy atom. The third kappa shape index (κ3) is 5.54. The van der Waals surface area contributed by atoms with Crippen LogP contribution in [0.25, 0.3) is 10.2 Å². The maximum atomic E-state index is 13.4. The number of amides is 2. The standard InChI is InChI=1S/C26H28ClF2N5O3S/c1-16-21-23(30-15-34(24(21)36)14-20(35)31-18-5-7-26(28,29)8-6-18)38-22(16)25(37)33-11-9-32(10-12-33)19-4-2-3-17(27)13-19/h2-4,13,15,18H,5-12,14H2,1H3,(H,31,35). The molecule has 0 unspecified atom stereocenters. The average molecular weight is 564 g/mol. The summed E-state index contributed by atoms with van der Waals surface area (Å²) in [5.41, 5.74) is 1.16. The Kier molecular flexibility index (Phi) is 7.41. The van der Waals surface area contributed by atoms with Crippen molar-refractivity contribution in [3.63, 3.8) is 0 Å². The third-order valence-electron chi connectivity index (χ3n) is 7.25.